The van der Waals surface area contributed by atoms with Crippen LogP contribution in [-0.2, 0) is 0 Å². The van der Waals surface area contributed by atoms with Crippen LogP contribution in [0, 0.1) is 42.0 Å². The van der Waals surface area contributed by atoms with Crippen molar-refractivity contribution >= 4 is 84.8 Å². The Labute approximate surface area is 397 Å². The maximum absolute atomic E-state index is 2.51. The first-order valence-electron chi connectivity index (χ1n) is 23.2. The fourth-order valence-corrected chi connectivity index (χ4v) is 13.5. The molecule has 10 aromatic carbocycles. The molecule has 0 bridgehead atoms. The Balaban J connectivity index is 1.01. The molecule has 0 amide bonds. The zero-order valence-electron chi connectivity index (χ0n) is 36.7. The summed E-state index contributed by atoms with van der Waals surface area (Å²) >= 11 is 3.73. The van der Waals surface area contributed by atoms with E-state index in [0.29, 0.717) is 0 Å². The summed E-state index contributed by atoms with van der Waals surface area (Å²) in [5.41, 5.74) is 9.51. The van der Waals surface area contributed by atoms with Crippen LogP contribution in [0.2, 0.25) is 0 Å². The van der Waals surface area contributed by atoms with E-state index in [9.17, 15) is 0 Å². The van der Waals surface area contributed by atoms with Gasteiger partial charge < -0.3 is 9.13 Å². The van der Waals surface area contributed by atoms with Crippen molar-refractivity contribution in [2.45, 2.75) is 0 Å². The molecule has 316 valence electrons. The Kier molecular flexibility index (Phi) is 8.14. The van der Waals surface area contributed by atoms with Gasteiger partial charge in [-0.05, 0) is 105 Å². The molecule has 0 N–H and O–H groups in total. The van der Waals surface area contributed by atoms with Crippen LogP contribution in [0.5, 0.6) is 0 Å². The van der Waals surface area contributed by atoms with E-state index in [4.69, 9.17) is 0 Å². The van der Waals surface area contributed by atoms with Crippen molar-refractivity contribution in [3.05, 3.63) is 273 Å². The quantitative estimate of drug-likeness (QED) is 0.167. The first-order chi connectivity index (χ1) is 33.7. The lowest BCUT2D eigenvalue weighted by molar-refractivity contribution is 1.04. The monoisotopic (exact) mass is 898 g/mol. The molecule has 0 saturated carbocycles. The van der Waals surface area contributed by atoms with E-state index in [1.165, 1.54) is 126 Å². The Bertz CT molecular complexity index is 4530. The molecule has 0 aliphatic heterocycles. The average Bonchev–Trinajstić information content (AvgIpc) is 4.16. The van der Waals surface area contributed by atoms with Gasteiger partial charge in [-0.25, -0.2) is 0 Å². The summed E-state index contributed by atoms with van der Waals surface area (Å²) in [7, 11) is 0. The maximum Gasteiger partial charge on any atom is 0.0625 e. The van der Waals surface area contributed by atoms with Crippen molar-refractivity contribution in [2.24, 2.45) is 0 Å². The van der Waals surface area contributed by atoms with Gasteiger partial charge in [0.25, 0.3) is 0 Å². The third-order valence-corrected chi connectivity index (χ3v) is 16.6. The van der Waals surface area contributed by atoms with Gasteiger partial charge in [-0.3, -0.25) is 0 Å². The molecule has 0 saturated heterocycles. The molecule has 2 nitrogen and oxygen atoms in total. The molecule has 0 atom stereocenters. The minimum absolute atomic E-state index is 1.13. The van der Waals surface area contributed by atoms with Gasteiger partial charge in [0.05, 0.1) is 21.7 Å². The summed E-state index contributed by atoms with van der Waals surface area (Å²) in [5.74, 6) is 0. The minimum Gasteiger partial charge on any atom is -0.309 e. The van der Waals surface area contributed by atoms with Crippen LogP contribution < -0.4 is 0 Å². The SMILES string of the molecule is c1ccc2c(c1)=c1c(n(-c3ccc(-c4ccc5sc6ccccc6c5c4)cc3)c3ccccc13)=c1ccccc1=c1c=2n(-c2ccc(-c3ccc4sc5ccccc5c4c3)cc2)c2ccccc12. The van der Waals surface area contributed by atoms with E-state index in [1.807, 2.05) is 22.7 Å². The second kappa shape index (κ2) is 14.6. The highest BCUT2D eigenvalue weighted by atomic mass is 32.1. The smallest absolute Gasteiger partial charge is 0.0625 e. The number of para-hydroxylation sites is 2. The normalized spacial score (nSPS) is 12.1. The molecule has 15 rings (SSSR count). The van der Waals surface area contributed by atoms with Gasteiger partial charge in [0.2, 0.25) is 0 Å². The van der Waals surface area contributed by atoms with E-state index in [2.05, 4.69) is 240 Å². The topological polar surface area (TPSA) is 9.86 Å². The number of fused-ring (bicyclic) bond motifs is 14. The lowest BCUT2D eigenvalue weighted by atomic mass is 10.0. The van der Waals surface area contributed by atoms with E-state index >= 15 is 0 Å². The average molecular weight is 899 g/mol. The summed E-state index contributed by atoms with van der Waals surface area (Å²) < 4.78 is 10.3. The van der Waals surface area contributed by atoms with Gasteiger partial charge in [-0.15, -0.1) is 22.7 Å². The standard InChI is InChI=1S/C64H38N2S2/c1-3-17-49-47(15-1)61-51-19-5-9-21-55(51)66(44-33-27-40(28-34-44)42-30-36-60-54(38-42)46-14-8-12-24-58(46)68-60)64(61)50-18-4-2-16-48(50)62-52-20-6-10-22-56(52)65(63(49)62)43-31-25-39(26-32-43)41-29-35-59-53(37-41)45-13-7-11-23-57(45)67-59/h1-38H. The van der Waals surface area contributed by atoms with Crippen LogP contribution >= 0.6 is 22.7 Å². The van der Waals surface area contributed by atoms with E-state index in [-0.39, 0.29) is 0 Å². The third kappa shape index (κ3) is 5.50. The number of aromatic nitrogens is 2. The van der Waals surface area contributed by atoms with E-state index in [0.717, 1.165) is 11.4 Å². The van der Waals surface area contributed by atoms with Crippen molar-refractivity contribution < 1.29 is 0 Å². The van der Waals surface area contributed by atoms with Crippen LogP contribution in [0.4, 0.5) is 0 Å². The number of hydrogen-bond acceptors (Lipinski definition) is 2. The number of hydrogen-bond donors (Lipinski definition) is 0. The van der Waals surface area contributed by atoms with Crippen molar-refractivity contribution in [1.29, 1.82) is 0 Å². The van der Waals surface area contributed by atoms with E-state index < -0.39 is 0 Å². The Morgan fingerprint density at radius 2 is 0.588 bits per heavy atom. The number of rotatable bonds is 4. The summed E-state index contributed by atoms with van der Waals surface area (Å²) in [4.78, 5) is 0. The number of nitrogens with zero attached hydrogens (tertiary/aromatic N) is 2. The summed E-state index contributed by atoms with van der Waals surface area (Å²) in [5, 5.41) is 17.5. The first-order valence-corrected chi connectivity index (χ1v) is 24.9. The second-order valence-electron chi connectivity index (χ2n) is 18.0. The van der Waals surface area contributed by atoms with Gasteiger partial charge in [0.1, 0.15) is 0 Å². The molecule has 0 radical (unpaired) electrons. The molecule has 0 unspecified atom stereocenters. The molecule has 0 spiro atoms. The molecular weight excluding hydrogens is 861 g/mol. The van der Waals surface area contributed by atoms with Gasteiger partial charge >= 0.3 is 0 Å². The maximum atomic E-state index is 2.51. The van der Waals surface area contributed by atoms with Crippen molar-refractivity contribution in [3.8, 4) is 33.6 Å². The molecule has 1 aliphatic carbocycles. The summed E-state index contributed by atoms with van der Waals surface area (Å²) in [6.07, 6.45) is 0. The molecule has 4 aromatic heterocycles. The van der Waals surface area contributed by atoms with Crippen molar-refractivity contribution in [2.75, 3.05) is 0 Å². The van der Waals surface area contributed by atoms with Crippen LogP contribution in [0.15, 0.2) is 231 Å². The molecule has 4 heterocycles. The van der Waals surface area contributed by atoms with Crippen molar-refractivity contribution in [3.63, 3.8) is 0 Å². The number of thiophene rings is 2. The summed E-state index contributed by atoms with van der Waals surface area (Å²) in [6, 6.07) is 85.9. The Hall–Kier alpha value is -8.28. The van der Waals surface area contributed by atoms with Crippen LogP contribution in [0.25, 0.3) is 95.8 Å². The van der Waals surface area contributed by atoms with Gasteiger partial charge in [0, 0.05) is 83.4 Å². The molecule has 4 heteroatoms. The molecular formula is C64H38N2S2. The molecule has 1 aliphatic rings. The van der Waals surface area contributed by atoms with Crippen molar-refractivity contribution in [1.82, 2.24) is 9.13 Å². The third-order valence-electron chi connectivity index (χ3n) is 14.3. The Morgan fingerprint density at radius 3 is 1.03 bits per heavy atom. The predicted octanol–water partition coefficient (Wildman–Crippen LogP) is 17.1. The number of benzene rings is 10. The zero-order valence-corrected chi connectivity index (χ0v) is 38.3. The molecule has 14 aromatic rings. The van der Waals surface area contributed by atoms with Crippen LogP contribution in [0.3, 0.4) is 0 Å². The predicted molar refractivity (Wildman–Crippen MR) is 287 cm³/mol. The first kappa shape index (κ1) is 37.9. The lowest BCUT2D eigenvalue weighted by Crippen LogP contribution is -1.99. The zero-order chi connectivity index (χ0) is 44.5. The fraction of sp³-hybridized carbons (Fsp3) is 0. The summed E-state index contributed by atoms with van der Waals surface area (Å²) in [6.45, 7) is 0. The Morgan fingerprint density at radius 1 is 0.250 bits per heavy atom. The highest BCUT2D eigenvalue weighted by Crippen LogP contribution is 2.39. The minimum atomic E-state index is 1.13. The molecule has 68 heavy (non-hydrogen) atoms. The highest BCUT2D eigenvalue weighted by molar-refractivity contribution is 7.26. The highest BCUT2D eigenvalue weighted by Gasteiger charge is 2.18. The fourth-order valence-electron chi connectivity index (χ4n) is 11.3. The van der Waals surface area contributed by atoms with Crippen LogP contribution in [-0.4, -0.2) is 9.13 Å². The van der Waals surface area contributed by atoms with Gasteiger partial charge in [-0.1, -0.05) is 158 Å². The van der Waals surface area contributed by atoms with Gasteiger partial charge in [-0.2, -0.15) is 0 Å². The van der Waals surface area contributed by atoms with Crippen LogP contribution in [0.1, 0.15) is 0 Å². The van der Waals surface area contributed by atoms with Gasteiger partial charge in [0.15, 0.2) is 0 Å². The lowest BCUT2D eigenvalue weighted by Gasteiger charge is -2.10. The van der Waals surface area contributed by atoms with E-state index in [1.54, 1.807) is 0 Å². The molecule has 0 fully saturated rings. The second-order valence-corrected chi connectivity index (χ2v) is 20.1. The largest absolute Gasteiger partial charge is 0.309 e.